The number of carbonyl (C=O) groups excluding carboxylic acids is 2. The van der Waals surface area contributed by atoms with Gasteiger partial charge in [-0.1, -0.05) is 42.5 Å². The van der Waals surface area contributed by atoms with Crippen molar-refractivity contribution >= 4 is 17.4 Å². The van der Waals surface area contributed by atoms with Crippen molar-refractivity contribution in [2.45, 2.75) is 25.0 Å². The van der Waals surface area contributed by atoms with E-state index in [0.717, 1.165) is 6.42 Å². The molecule has 3 heterocycles. The first kappa shape index (κ1) is 22.0. The summed E-state index contributed by atoms with van der Waals surface area (Å²) in [6, 6.07) is 14.8. The van der Waals surface area contributed by atoms with Gasteiger partial charge in [0.15, 0.2) is 0 Å². The predicted octanol–water partition coefficient (Wildman–Crippen LogP) is 1.97. The molecule has 2 aliphatic heterocycles. The highest BCUT2D eigenvalue weighted by atomic mass is 16.5. The molecule has 0 saturated carbocycles. The van der Waals surface area contributed by atoms with Gasteiger partial charge in [0.05, 0.1) is 5.92 Å². The molecule has 8 heteroatoms. The molecule has 1 fully saturated rings. The number of pyridine rings is 1. The van der Waals surface area contributed by atoms with E-state index in [1.54, 1.807) is 28.7 Å². The monoisotopic (exact) mass is 436 g/mol. The Labute approximate surface area is 187 Å². The number of ether oxygens (including phenoxy) is 1. The average molecular weight is 437 g/mol. The van der Waals surface area contributed by atoms with Crippen molar-refractivity contribution in [1.29, 1.82) is 0 Å². The highest BCUT2D eigenvalue weighted by Crippen LogP contribution is 2.29. The number of amides is 2. The molecule has 4 rings (SSSR count). The van der Waals surface area contributed by atoms with Crippen molar-refractivity contribution in [3.05, 3.63) is 66.4 Å². The predicted molar refractivity (Wildman–Crippen MR) is 119 cm³/mol. The van der Waals surface area contributed by atoms with Gasteiger partial charge in [0.2, 0.25) is 17.7 Å². The van der Waals surface area contributed by atoms with Crippen LogP contribution in [0.2, 0.25) is 0 Å². The fourth-order valence-corrected chi connectivity index (χ4v) is 4.57. The zero-order chi connectivity index (χ0) is 22.5. The lowest BCUT2D eigenvalue weighted by Gasteiger charge is -2.42. The number of benzene rings is 1. The third kappa shape index (κ3) is 4.81. The van der Waals surface area contributed by atoms with E-state index in [9.17, 15) is 14.8 Å². The molecule has 0 radical (unpaired) electrons. The SMILES string of the molecule is CN1C[C@@H](Oc2ccccn2)C[C@H](C(=O)NO)[C@H]1C(=O)N1CC=C(c2ccccc2)CC1. The molecule has 1 saturated heterocycles. The van der Waals surface area contributed by atoms with Crippen molar-refractivity contribution in [3.8, 4) is 5.88 Å². The maximum atomic E-state index is 13.4. The Morgan fingerprint density at radius 2 is 1.94 bits per heavy atom. The van der Waals surface area contributed by atoms with Gasteiger partial charge in [-0.3, -0.25) is 19.7 Å². The molecule has 2 N–H and O–H groups in total. The first-order valence-corrected chi connectivity index (χ1v) is 10.8. The zero-order valence-corrected chi connectivity index (χ0v) is 18.1. The van der Waals surface area contributed by atoms with Crippen LogP contribution >= 0.6 is 0 Å². The molecule has 3 atom stereocenters. The Morgan fingerprint density at radius 3 is 2.59 bits per heavy atom. The number of likely N-dealkylation sites (tertiary alicyclic amines) is 1. The van der Waals surface area contributed by atoms with Crippen molar-refractivity contribution in [2.24, 2.45) is 5.92 Å². The van der Waals surface area contributed by atoms with Crippen LogP contribution in [0.15, 0.2) is 60.8 Å². The van der Waals surface area contributed by atoms with Gasteiger partial charge < -0.3 is 9.64 Å². The van der Waals surface area contributed by atoms with Crippen LogP contribution in [0.5, 0.6) is 5.88 Å². The minimum absolute atomic E-state index is 0.110. The highest BCUT2D eigenvalue weighted by Gasteiger charge is 2.45. The van der Waals surface area contributed by atoms with Crippen molar-refractivity contribution in [3.63, 3.8) is 0 Å². The lowest BCUT2D eigenvalue weighted by Crippen LogP contribution is -2.60. The lowest BCUT2D eigenvalue weighted by atomic mass is 9.86. The molecule has 8 nitrogen and oxygen atoms in total. The van der Waals surface area contributed by atoms with E-state index in [1.165, 1.54) is 11.1 Å². The topological polar surface area (TPSA) is 95.0 Å². The van der Waals surface area contributed by atoms with E-state index < -0.39 is 17.9 Å². The summed E-state index contributed by atoms with van der Waals surface area (Å²) in [5.41, 5.74) is 4.13. The fourth-order valence-electron chi connectivity index (χ4n) is 4.57. The molecule has 32 heavy (non-hydrogen) atoms. The molecule has 0 aliphatic carbocycles. The summed E-state index contributed by atoms with van der Waals surface area (Å²) in [6.07, 6.45) is 4.46. The molecule has 2 aromatic rings. The fraction of sp³-hybridized carbons (Fsp3) is 0.375. The molecule has 2 aliphatic rings. The summed E-state index contributed by atoms with van der Waals surface area (Å²) >= 11 is 0. The first-order chi connectivity index (χ1) is 15.6. The smallest absolute Gasteiger partial charge is 0.248 e. The Bertz CT molecular complexity index is 966. The Kier molecular flexibility index (Phi) is 6.82. The maximum absolute atomic E-state index is 13.4. The van der Waals surface area contributed by atoms with E-state index in [-0.39, 0.29) is 12.0 Å². The zero-order valence-electron chi connectivity index (χ0n) is 18.1. The van der Waals surface area contributed by atoms with Crippen molar-refractivity contribution in [1.82, 2.24) is 20.3 Å². The summed E-state index contributed by atoms with van der Waals surface area (Å²) < 4.78 is 5.94. The van der Waals surface area contributed by atoms with Crippen LogP contribution in [-0.2, 0) is 9.59 Å². The van der Waals surface area contributed by atoms with E-state index in [2.05, 4.69) is 23.2 Å². The molecule has 2 amide bonds. The van der Waals surface area contributed by atoms with Crippen LogP contribution < -0.4 is 10.2 Å². The molecule has 0 bridgehead atoms. The number of nitrogens with one attached hydrogen (secondary N) is 1. The Morgan fingerprint density at radius 1 is 1.16 bits per heavy atom. The third-order valence-electron chi connectivity index (χ3n) is 6.15. The number of nitrogens with zero attached hydrogens (tertiary/aromatic N) is 3. The molecular formula is C24H28N4O4. The van der Waals surface area contributed by atoms with Crippen LogP contribution in [0.4, 0.5) is 0 Å². The summed E-state index contributed by atoms with van der Waals surface area (Å²) in [5.74, 6) is -0.962. The number of aromatic nitrogens is 1. The van der Waals surface area contributed by atoms with Gasteiger partial charge in [-0.2, -0.15) is 0 Å². The summed E-state index contributed by atoms with van der Waals surface area (Å²) in [5, 5.41) is 9.31. The minimum Gasteiger partial charge on any atom is -0.473 e. The molecule has 1 aromatic heterocycles. The van der Waals surface area contributed by atoms with Gasteiger partial charge in [-0.25, -0.2) is 10.5 Å². The molecule has 0 unspecified atom stereocenters. The first-order valence-electron chi connectivity index (χ1n) is 10.8. The maximum Gasteiger partial charge on any atom is 0.248 e. The number of piperidine rings is 1. The van der Waals surface area contributed by atoms with Crippen molar-refractivity contribution in [2.75, 3.05) is 26.7 Å². The number of rotatable bonds is 5. The normalized spacial score (nSPS) is 23.9. The van der Waals surface area contributed by atoms with Gasteiger partial charge in [0.1, 0.15) is 12.1 Å². The average Bonchev–Trinajstić information content (AvgIpc) is 2.84. The van der Waals surface area contributed by atoms with E-state index in [0.29, 0.717) is 31.9 Å². The summed E-state index contributed by atoms with van der Waals surface area (Å²) in [6.45, 7) is 1.56. The second kappa shape index (κ2) is 9.93. The van der Waals surface area contributed by atoms with E-state index >= 15 is 0 Å². The third-order valence-corrected chi connectivity index (χ3v) is 6.15. The standard InChI is InChI=1S/C24H28N4O4/c1-27-16-19(32-21-9-5-6-12-25-21)15-20(23(29)26-31)22(27)24(30)28-13-10-18(11-14-28)17-7-3-2-4-8-17/h2-10,12,19-20,22,31H,11,13-16H2,1H3,(H,26,29)/t19-,20-,22-/m0/s1. The lowest BCUT2D eigenvalue weighted by molar-refractivity contribution is -0.151. The van der Waals surface area contributed by atoms with Crippen LogP contribution in [0, 0.1) is 5.92 Å². The summed E-state index contributed by atoms with van der Waals surface area (Å²) in [7, 11) is 1.81. The number of hydroxylamine groups is 1. The number of hydrogen-bond donors (Lipinski definition) is 2. The van der Waals surface area contributed by atoms with Gasteiger partial charge >= 0.3 is 0 Å². The van der Waals surface area contributed by atoms with Crippen LogP contribution in [-0.4, -0.2) is 70.6 Å². The van der Waals surface area contributed by atoms with Gasteiger partial charge in [-0.05, 0) is 37.1 Å². The van der Waals surface area contributed by atoms with Crippen molar-refractivity contribution < 1.29 is 19.5 Å². The molecule has 0 spiro atoms. The number of likely N-dealkylation sites (N-methyl/N-ethyl adjacent to an activating group) is 1. The quantitative estimate of drug-likeness (QED) is 0.550. The van der Waals surface area contributed by atoms with Crippen LogP contribution in [0.1, 0.15) is 18.4 Å². The highest BCUT2D eigenvalue weighted by molar-refractivity contribution is 5.90. The largest absolute Gasteiger partial charge is 0.473 e. The molecule has 168 valence electrons. The van der Waals surface area contributed by atoms with Gasteiger partial charge in [0, 0.05) is 31.9 Å². The van der Waals surface area contributed by atoms with E-state index in [1.807, 2.05) is 36.2 Å². The summed E-state index contributed by atoms with van der Waals surface area (Å²) in [4.78, 5) is 33.7. The Hall–Kier alpha value is -3.23. The molecular weight excluding hydrogens is 408 g/mol. The number of carbonyl (C=O) groups is 2. The number of hydrogen-bond acceptors (Lipinski definition) is 6. The van der Waals surface area contributed by atoms with Crippen LogP contribution in [0.25, 0.3) is 5.57 Å². The second-order valence-corrected chi connectivity index (χ2v) is 8.24. The molecule has 1 aromatic carbocycles. The van der Waals surface area contributed by atoms with Gasteiger partial charge in [0.25, 0.3) is 0 Å². The van der Waals surface area contributed by atoms with E-state index in [4.69, 9.17) is 4.74 Å². The minimum atomic E-state index is -0.737. The van der Waals surface area contributed by atoms with Gasteiger partial charge in [-0.15, -0.1) is 0 Å². The second-order valence-electron chi connectivity index (χ2n) is 8.24. The van der Waals surface area contributed by atoms with Crippen LogP contribution in [0.3, 0.4) is 0 Å². The Balaban J connectivity index is 1.47.